The summed E-state index contributed by atoms with van der Waals surface area (Å²) in [6.07, 6.45) is 0.904. The number of hydrogen-bond donors (Lipinski definition) is 1. The Morgan fingerprint density at radius 3 is 2.71 bits per heavy atom. The Hall–Kier alpha value is -2.61. The summed E-state index contributed by atoms with van der Waals surface area (Å²) in [6.45, 7) is 4.48. The first-order valence-electron chi connectivity index (χ1n) is 9.71. The van der Waals surface area contributed by atoms with Gasteiger partial charge >= 0.3 is 0 Å². The van der Waals surface area contributed by atoms with Gasteiger partial charge in [-0.2, -0.15) is 4.98 Å². The highest BCUT2D eigenvalue weighted by Crippen LogP contribution is 2.33. The van der Waals surface area contributed by atoms with Crippen LogP contribution in [0.1, 0.15) is 24.0 Å². The Kier molecular flexibility index (Phi) is 6.46. The van der Waals surface area contributed by atoms with Crippen LogP contribution in [0.4, 0.5) is 5.95 Å². The number of fused-ring (bicyclic) bond motifs is 1. The molecule has 1 amide bonds. The molecule has 1 N–H and O–H groups in total. The Morgan fingerprint density at radius 1 is 1.19 bits per heavy atom. The molecule has 0 saturated carbocycles. The van der Waals surface area contributed by atoms with Gasteiger partial charge in [-0.3, -0.25) is 10.1 Å². The van der Waals surface area contributed by atoms with Crippen molar-refractivity contribution in [2.24, 2.45) is 0 Å². The Bertz CT molecular complexity index is 1230. The first-order chi connectivity index (χ1) is 14.9. The summed E-state index contributed by atoms with van der Waals surface area (Å²) < 4.78 is 7.52. The highest BCUT2D eigenvalue weighted by Gasteiger charge is 2.15. The highest BCUT2D eigenvalue weighted by molar-refractivity contribution is 7.15. The predicted molar refractivity (Wildman–Crippen MR) is 126 cm³/mol. The lowest BCUT2D eigenvalue weighted by Gasteiger charge is -2.11. The number of nitrogens with zero attached hydrogens (tertiary/aromatic N) is 3. The fourth-order valence-electron chi connectivity index (χ4n) is 3.24. The van der Waals surface area contributed by atoms with Gasteiger partial charge in [-0.25, -0.2) is 4.52 Å². The van der Waals surface area contributed by atoms with Gasteiger partial charge in [-0.1, -0.05) is 41.4 Å². The van der Waals surface area contributed by atoms with Crippen LogP contribution in [0.5, 0.6) is 5.75 Å². The number of benzene rings is 2. The van der Waals surface area contributed by atoms with Gasteiger partial charge < -0.3 is 4.74 Å². The van der Waals surface area contributed by atoms with Crippen LogP contribution in [-0.2, 0) is 4.79 Å². The van der Waals surface area contributed by atoms with Gasteiger partial charge in [0.25, 0.3) is 0 Å². The van der Waals surface area contributed by atoms with Crippen molar-refractivity contribution in [3.8, 4) is 17.0 Å². The van der Waals surface area contributed by atoms with E-state index in [9.17, 15) is 4.79 Å². The minimum absolute atomic E-state index is 0.158. The third kappa shape index (κ3) is 4.84. The summed E-state index contributed by atoms with van der Waals surface area (Å²) in [5, 5.41) is 10.2. The van der Waals surface area contributed by atoms with Crippen molar-refractivity contribution < 1.29 is 9.53 Å². The molecule has 0 radical (unpaired) electrons. The summed E-state index contributed by atoms with van der Waals surface area (Å²) in [7, 11) is 0. The molecule has 0 atom stereocenters. The molecule has 31 heavy (non-hydrogen) atoms. The molecule has 2 heterocycles. The lowest BCUT2D eigenvalue weighted by Crippen LogP contribution is -2.14. The number of nitrogens with one attached hydrogen (secondary N) is 1. The standard InChI is InChI=1S/C22H20Cl2N4O2S/c1-13-5-3-6-14(2)20(13)30-10-4-7-19(29)25-21-26-22-28(27-21)18(12-31-22)16-9-8-15(23)11-17(16)24/h3,5-6,8-9,11-12H,4,7,10H2,1-2H3,(H,25,27,29). The van der Waals surface area contributed by atoms with E-state index >= 15 is 0 Å². The third-order valence-electron chi connectivity index (χ3n) is 4.74. The van der Waals surface area contributed by atoms with Crippen LogP contribution < -0.4 is 10.1 Å². The van der Waals surface area contributed by atoms with Crippen molar-refractivity contribution in [2.45, 2.75) is 26.7 Å². The summed E-state index contributed by atoms with van der Waals surface area (Å²) in [5.74, 6) is 0.987. The Labute approximate surface area is 193 Å². The molecule has 6 nitrogen and oxygen atoms in total. The van der Waals surface area contributed by atoms with Gasteiger partial charge in [-0.05, 0) is 49.6 Å². The molecule has 0 saturated heterocycles. The molecule has 0 fully saturated rings. The van der Waals surface area contributed by atoms with Gasteiger partial charge in [0.1, 0.15) is 5.75 Å². The van der Waals surface area contributed by atoms with Crippen molar-refractivity contribution in [3.05, 3.63) is 63.0 Å². The number of para-hydroxylation sites is 1. The number of aromatic nitrogens is 3. The zero-order valence-corrected chi connectivity index (χ0v) is 19.3. The normalized spacial score (nSPS) is 11.1. The van der Waals surface area contributed by atoms with Gasteiger partial charge in [0.05, 0.1) is 17.3 Å². The van der Waals surface area contributed by atoms with Crippen molar-refractivity contribution in [2.75, 3.05) is 11.9 Å². The molecule has 0 spiro atoms. The summed E-state index contributed by atoms with van der Waals surface area (Å²) in [4.78, 5) is 17.4. The number of hydrogen-bond acceptors (Lipinski definition) is 5. The van der Waals surface area contributed by atoms with E-state index < -0.39 is 0 Å². The van der Waals surface area contributed by atoms with Crippen molar-refractivity contribution in [1.29, 1.82) is 0 Å². The summed E-state index contributed by atoms with van der Waals surface area (Å²) in [5.41, 5.74) is 3.76. The maximum Gasteiger partial charge on any atom is 0.250 e. The average Bonchev–Trinajstić information content (AvgIpc) is 3.27. The van der Waals surface area contributed by atoms with Crippen LogP contribution >= 0.6 is 34.5 Å². The lowest BCUT2D eigenvalue weighted by molar-refractivity contribution is -0.116. The number of rotatable bonds is 7. The van der Waals surface area contributed by atoms with Crippen molar-refractivity contribution in [3.63, 3.8) is 0 Å². The Morgan fingerprint density at radius 2 is 1.97 bits per heavy atom. The third-order valence-corrected chi connectivity index (χ3v) is 6.11. The smallest absolute Gasteiger partial charge is 0.250 e. The summed E-state index contributed by atoms with van der Waals surface area (Å²) in [6, 6.07) is 11.3. The topological polar surface area (TPSA) is 68.5 Å². The van der Waals surface area contributed by atoms with E-state index in [1.54, 1.807) is 16.6 Å². The van der Waals surface area contributed by atoms with Gasteiger partial charge in [0.2, 0.25) is 16.8 Å². The van der Waals surface area contributed by atoms with Crippen LogP contribution in [0.25, 0.3) is 16.2 Å². The maximum atomic E-state index is 12.3. The van der Waals surface area contributed by atoms with Crippen molar-refractivity contribution in [1.82, 2.24) is 14.6 Å². The molecule has 0 aliphatic rings. The molecule has 160 valence electrons. The largest absolute Gasteiger partial charge is 0.493 e. The average molecular weight is 475 g/mol. The number of amides is 1. The fraction of sp³-hybridized carbons (Fsp3) is 0.227. The van der Waals surface area contributed by atoms with Crippen molar-refractivity contribution >= 4 is 51.4 Å². The number of ether oxygens (including phenoxy) is 1. The van der Waals surface area contributed by atoms with E-state index in [0.717, 1.165) is 28.1 Å². The molecule has 0 bridgehead atoms. The van der Waals surface area contributed by atoms with Crippen LogP contribution in [0.2, 0.25) is 10.0 Å². The number of aryl methyl sites for hydroxylation is 2. The molecule has 4 rings (SSSR count). The number of halogens is 2. The predicted octanol–water partition coefficient (Wildman–Crippen LogP) is 6.18. The number of carbonyl (C=O) groups is 1. The van der Waals surface area contributed by atoms with E-state index in [1.165, 1.54) is 11.3 Å². The van der Waals surface area contributed by atoms with Gasteiger partial charge in [0.15, 0.2) is 0 Å². The molecule has 4 aromatic rings. The molecule has 2 aromatic carbocycles. The number of carbonyl (C=O) groups excluding carboxylic acids is 1. The number of anilines is 1. The quantitative estimate of drug-likeness (QED) is 0.324. The van der Waals surface area contributed by atoms with E-state index in [1.807, 2.05) is 43.5 Å². The second-order valence-corrected chi connectivity index (χ2v) is 8.78. The number of thiazole rings is 1. The first kappa shape index (κ1) is 21.6. The minimum atomic E-state index is -0.158. The van der Waals surface area contributed by atoms with Crippen LogP contribution in [0, 0.1) is 13.8 Å². The summed E-state index contributed by atoms with van der Waals surface area (Å²) >= 11 is 13.7. The molecule has 0 aliphatic carbocycles. The second kappa shape index (κ2) is 9.26. The van der Waals surface area contributed by atoms with Crippen LogP contribution in [-0.4, -0.2) is 27.1 Å². The minimum Gasteiger partial charge on any atom is -0.493 e. The second-order valence-electron chi connectivity index (χ2n) is 7.10. The van der Waals surface area contributed by atoms with E-state index in [4.69, 9.17) is 27.9 Å². The van der Waals surface area contributed by atoms with E-state index in [-0.39, 0.29) is 11.9 Å². The van der Waals surface area contributed by atoms with Crippen LogP contribution in [0.3, 0.4) is 0 Å². The molecular formula is C22H20Cl2N4O2S. The maximum absolute atomic E-state index is 12.3. The van der Waals surface area contributed by atoms with Gasteiger partial charge in [-0.15, -0.1) is 16.4 Å². The first-order valence-corrected chi connectivity index (χ1v) is 11.3. The van der Waals surface area contributed by atoms with Gasteiger partial charge in [0, 0.05) is 22.4 Å². The van der Waals surface area contributed by atoms with E-state index in [0.29, 0.717) is 34.5 Å². The highest BCUT2D eigenvalue weighted by atomic mass is 35.5. The monoisotopic (exact) mass is 474 g/mol. The molecular weight excluding hydrogens is 455 g/mol. The molecule has 0 unspecified atom stereocenters. The van der Waals surface area contributed by atoms with E-state index in [2.05, 4.69) is 15.4 Å². The zero-order chi connectivity index (χ0) is 22.0. The molecule has 0 aliphatic heterocycles. The molecule has 9 heteroatoms. The SMILES string of the molecule is Cc1cccc(C)c1OCCCC(=O)Nc1nc2scc(-c3ccc(Cl)cc3Cl)n2n1. The lowest BCUT2D eigenvalue weighted by atomic mass is 10.1. The Balaban J connectivity index is 1.36. The molecule has 2 aromatic heterocycles. The van der Waals surface area contributed by atoms with Crippen LogP contribution in [0.15, 0.2) is 41.8 Å². The fourth-order valence-corrected chi connectivity index (χ4v) is 4.57. The zero-order valence-electron chi connectivity index (χ0n) is 17.0.